The van der Waals surface area contributed by atoms with E-state index in [9.17, 15) is 35.1 Å². The van der Waals surface area contributed by atoms with Gasteiger partial charge >= 0.3 is 23.0 Å². The largest absolute Gasteiger partial charge is 0.480 e. The fraction of sp³-hybridized carbons (Fsp3) is 0.300. The summed E-state index contributed by atoms with van der Waals surface area (Å²) < 4.78 is 0. The summed E-state index contributed by atoms with van der Waals surface area (Å²) in [5.41, 5.74) is -3.98. The smallest absolute Gasteiger partial charge is 0.424 e. The lowest BCUT2D eigenvalue weighted by Crippen LogP contribution is -2.28. The number of anilines is 1. The van der Waals surface area contributed by atoms with Crippen LogP contribution in [0.3, 0.4) is 0 Å². The van der Waals surface area contributed by atoms with Gasteiger partial charge in [-0.3, -0.25) is 30.3 Å². The topological polar surface area (TPSA) is 179 Å². The number of carbonyl (C=O) groups is 1. The molecule has 0 amide bonds. The SMILES string of the molecule is CCC(Nc1ccc([N+](=O)[O-])c([N+](=O)[O-])c1[N+](=O)[O-])C(=O)O. The molecule has 0 radical (unpaired) electrons. The Morgan fingerprint density at radius 3 is 2.05 bits per heavy atom. The van der Waals surface area contributed by atoms with Crippen LogP contribution < -0.4 is 5.32 Å². The van der Waals surface area contributed by atoms with Crippen LogP contribution in [0.15, 0.2) is 12.1 Å². The van der Waals surface area contributed by atoms with Crippen LogP contribution in [-0.4, -0.2) is 31.9 Å². The number of nitro benzene ring substituents is 3. The maximum atomic E-state index is 11.1. The van der Waals surface area contributed by atoms with Crippen molar-refractivity contribution in [1.82, 2.24) is 0 Å². The minimum absolute atomic E-state index is 0.0390. The molecule has 1 aromatic rings. The molecular weight excluding hydrogens is 304 g/mol. The molecule has 0 aliphatic carbocycles. The molecule has 0 aromatic heterocycles. The Morgan fingerprint density at radius 2 is 1.68 bits per heavy atom. The van der Waals surface area contributed by atoms with Gasteiger partial charge < -0.3 is 10.4 Å². The molecule has 22 heavy (non-hydrogen) atoms. The lowest BCUT2D eigenvalue weighted by Gasteiger charge is -2.13. The van der Waals surface area contributed by atoms with E-state index in [-0.39, 0.29) is 6.42 Å². The molecule has 1 rings (SSSR count). The van der Waals surface area contributed by atoms with E-state index in [4.69, 9.17) is 5.11 Å². The highest BCUT2D eigenvalue weighted by Crippen LogP contribution is 2.41. The average Bonchev–Trinajstić information content (AvgIpc) is 2.42. The van der Waals surface area contributed by atoms with Crippen molar-refractivity contribution < 1.29 is 24.7 Å². The molecule has 0 saturated carbocycles. The highest BCUT2D eigenvalue weighted by atomic mass is 16.6. The van der Waals surface area contributed by atoms with E-state index in [0.717, 1.165) is 6.07 Å². The molecule has 1 unspecified atom stereocenters. The minimum atomic E-state index is -1.32. The first-order valence-corrected chi connectivity index (χ1v) is 5.80. The van der Waals surface area contributed by atoms with Gasteiger partial charge in [-0.25, -0.2) is 4.79 Å². The third-order valence-electron chi connectivity index (χ3n) is 2.73. The van der Waals surface area contributed by atoms with Gasteiger partial charge in [-0.2, -0.15) is 0 Å². The Morgan fingerprint density at radius 1 is 1.14 bits per heavy atom. The van der Waals surface area contributed by atoms with E-state index in [1.807, 2.05) is 0 Å². The fourth-order valence-corrected chi connectivity index (χ4v) is 1.72. The molecule has 0 saturated heterocycles. The van der Waals surface area contributed by atoms with Crippen LogP contribution >= 0.6 is 0 Å². The number of benzene rings is 1. The van der Waals surface area contributed by atoms with Gasteiger partial charge in [-0.15, -0.1) is 0 Å². The van der Waals surface area contributed by atoms with Crippen LogP contribution in [0.2, 0.25) is 0 Å². The molecule has 118 valence electrons. The van der Waals surface area contributed by atoms with E-state index in [1.165, 1.54) is 6.92 Å². The average molecular weight is 314 g/mol. The van der Waals surface area contributed by atoms with Crippen molar-refractivity contribution in [2.24, 2.45) is 0 Å². The molecular formula is C10H10N4O8. The third kappa shape index (κ3) is 3.23. The second-order valence-electron chi connectivity index (χ2n) is 4.04. The lowest BCUT2D eigenvalue weighted by molar-refractivity contribution is -0.440. The summed E-state index contributed by atoms with van der Waals surface area (Å²) in [5.74, 6) is -1.32. The second-order valence-corrected chi connectivity index (χ2v) is 4.04. The Hall–Kier alpha value is -3.31. The van der Waals surface area contributed by atoms with Gasteiger partial charge in [-0.05, 0) is 12.5 Å². The highest BCUT2D eigenvalue weighted by molar-refractivity contribution is 5.83. The maximum Gasteiger partial charge on any atom is 0.424 e. The van der Waals surface area contributed by atoms with Crippen LogP contribution in [0.25, 0.3) is 0 Å². The van der Waals surface area contributed by atoms with E-state index in [0.29, 0.717) is 6.07 Å². The van der Waals surface area contributed by atoms with Gasteiger partial charge in [0.15, 0.2) is 0 Å². The molecule has 12 heteroatoms. The van der Waals surface area contributed by atoms with Crippen LogP contribution in [0.1, 0.15) is 13.3 Å². The normalized spacial score (nSPS) is 11.5. The van der Waals surface area contributed by atoms with Gasteiger partial charge in [-0.1, -0.05) is 6.92 Å². The zero-order chi connectivity index (χ0) is 17.0. The van der Waals surface area contributed by atoms with E-state index < -0.39 is 49.5 Å². The molecule has 0 aliphatic heterocycles. The molecule has 0 aliphatic rings. The number of carboxylic acid groups (broad SMARTS) is 1. The fourth-order valence-electron chi connectivity index (χ4n) is 1.72. The van der Waals surface area contributed by atoms with Crippen molar-refractivity contribution >= 4 is 28.7 Å². The standard InChI is InChI=1S/C10H10N4O8/c1-2-5(10(15)16)11-6-3-4-7(12(17)18)9(14(21)22)8(6)13(19)20/h3-5,11H,2H2,1H3,(H,15,16). The molecule has 0 spiro atoms. The van der Waals surface area contributed by atoms with Gasteiger partial charge in [0, 0.05) is 6.07 Å². The lowest BCUT2D eigenvalue weighted by atomic mass is 10.1. The first kappa shape index (κ1) is 16.7. The molecule has 0 fully saturated rings. The number of carboxylic acids is 1. The Bertz CT molecular complexity index is 659. The first-order valence-electron chi connectivity index (χ1n) is 5.80. The summed E-state index contributed by atoms with van der Waals surface area (Å²) in [6, 6.07) is 0.344. The van der Waals surface area contributed by atoms with Crippen molar-refractivity contribution in [2.75, 3.05) is 5.32 Å². The number of aliphatic carboxylic acids is 1. The van der Waals surface area contributed by atoms with Gasteiger partial charge in [0.05, 0.1) is 14.8 Å². The summed E-state index contributed by atoms with van der Waals surface area (Å²) in [7, 11) is 0. The van der Waals surface area contributed by atoms with Crippen molar-refractivity contribution in [2.45, 2.75) is 19.4 Å². The van der Waals surface area contributed by atoms with Crippen molar-refractivity contribution in [3.63, 3.8) is 0 Å². The molecule has 1 aromatic carbocycles. The number of nitrogens with one attached hydrogen (secondary N) is 1. The number of nitrogens with zero attached hydrogens (tertiary/aromatic N) is 3. The zero-order valence-electron chi connectivity index (χ0n) is 11.1. The Labute approximate surface area is 121 Å². The van der Waals surface area contributed by atoms with E-state index >= 15 is 0 Å². The predicted octanol–water partition coefficient (Wildman–Crippen LogP) is 1.69. The number of hydrogen-bond donors (Lipinski definition) is 2. The molecule has 0 bridgehead atoms. The summed E-state index contributed by atoms with van der Waals surface area (Å²) >= 11 is 0. The van der Waals surface area contributed by atoms with Crippen molar-refractivity contribution in [3.8, 4) is 0 Å². The van der Waals surface area contributed by atoms with Crippen molar-refractivity contribution in [3.05, 3.63) is 42.5 Å². The maximum absolute atomic E-state index is 11.1. The highest BCUT2D eigenvalue weighted by Gasteiger charge is 2.39. The number of hydrogen-bond acceptors (Lipinski definition) is 8. The summed E-state index contributed by atoms with van der Waals surface area (Å²) in [5, 5.41) is 43.9. The molecule has 1 atom stereocenters. The van der Waals surface area contributed by atoms with Crippen LogP contribution in [0.5, 0.6) is 0 Å². The summed E-state index contributed by atoms with van der Waals surface area (Å²) in [4.78, 5) is 40.2. The zero-order valence-corrected chi connectivity index (χ0v) is 11.1. The second kappa shape index (κ2) is 6.43. The van der Waals surface area contributed by atoms with Gasteiger partial charge in [0.1, 0.15) is 11.7 Å². The van der Waals surface area contributed by atoms with Gasteiger partial charge in [0.2, 0.25) is 0 Å². The van der Waals surface area contributed by atoms with Crippen LogP contribution in [-0.2, 0) is 4.79 Å². The third-order valence-corrected chi connectivity index (χ3v) is 2.73. The number of rotatable bonds is 7. The minimum Gasteiger partial charge on any atom is -0.480 e. The van der Waals surface area contributed by atoms with E-state index in [2.05, 4.69) is 5.32 Å². The first-order chi connectivity index (χ1) is 10.2. The van der Waals surface area contributed by atoms with Crippen molar-refractivity contribution in [1.29, 1.82) is 0 Å². The molecule has 2 N–H and O–H groups in total. The van der Waals surface area contributed by atoms with E-state index in [1.54, 1.807) is 0 Å². The molecule has 0 heterocycles. The Balaban J connectivity index is 3.57. The van der Waals surface area contributed by atoms with Crippen LogP contribution in [0.4, 0.5) is 22.7 Å². The number of nitro groups is 3. The predicted molar refractivity (Wildman–Crippen MR) is 71.7 cm³/mol. The monoisotopic (exact) mass is 314 g/mol. The molecule has 12 nitrogen and oxygen atoms in total. The summed E-state index contributed by atoms with van der Waals surface area (Å²) in [6.45, 7) is 1.48. The Kier molecular flexibility index (Phi) is 4.89. The summed E-state index contributed by atoms with van der Waals surface area (Å²) in [6.07, 6.45) is 0.0390. The van der Waals surface area contributed by atoms with Gasteiger partial charge in [0.25, 0.3) is 0 Å². The quantitative estimate of drug-likeness (QED) is 0.559. The van der Waals surface area contributed by atoms with Crippen LogP contribution in [0, 0.1) is 30.3 Å².